The predicted octanol–water partition coefficient (Wildman–Crippen LogP) is 5.72. The second-order valence-corrected chi connectivity index (χ2v) is 9.59. The molecule has 0 spiro atoms. The van der Waals surface area contributed by atoms with E-state index in [0.29, 0.717) is 30.4 Å². The van der Waals surface area contributed by atoms with E-state index < -0.39 is 11.9 Å². The summed E-state index contributed by atoms with van der Waals surface area (Å²) in [6.45, 7) is 7.70. The highest BCUT2D eigenvalue weighted by molar-refractivity contribution is 6.04. The maximum Gasteiger partial charge on any atom is 0.324 e. The van der Waals surface area contributed by atoms with E-state index in [0.717, 1.165) is 44.9 Å². The molecule has 0 unspecified atom stereocenters. The van der Waals surface area contributed by atoms with Crippen molar-refractivity contribution in [1.29, 1.82) is 0 Å². The number of H-pyrrole nitrogens is 1. The van der Waals surface area contributed by atoms with E-state index in [1.807, 2.05) is 29.2 Å². The first kappa shape index (κ1) is 29.5. The lowest BCUT2D eigenvalue weighted by Crippen LogP contribution is -2.32. The average molecular weight is 537 g/mol. The zero-order valence-corrected chi connectivity index (χ0v) is 23.1. The zero-order valence-electron chi connectivity index (χ0n) is 23.1. The number of furan rings is 1. The van der Waals surface area contributed by atoms with Crippen molar-refractivity contribution in [2.45, 2.75) is 72.1 Å². The molecule has 5 N–H and O–H groups in total. The van der Waals surface area contributed by atoms with E-state index in [1.165, 1.54) is 5.56 Å². The molecule has 2 aromatic heterocycles. The molecule has 0 saturated carbocycles. The van der Waals surface area contributed by atoms with Crippen LogP contribution < -0.4 is 16.4 Å². The Bertz CT molecular complexity index is 1220. The molecular weight excluding hydrogens is 496 g/mol. The summed E-state index contributed by atoms with van der Waals surface area (Å²) in [6, 6.07) is 10.4. The van der Waals surface area contributed by atoms with Gasteiger partial charge in [0.15, 0.2) is 11.6 Å². The number of imidazole rings is 1. The minimum Gasteiger partial charge on any atom is -0.455 e. The number of nitrogens with two attached hydrogens (primary N) is 1. The lowest BCUT2D eigenvalue weighted by molar-refractivity contribution is 0.0717. The molecule has 1 aromatic carbocycles. The summed E-state index contributed by atoms with van der Waals surface area (Å²) in [5.41, 5.74) is 7.30. The van der Waals surface area contributed by atoms with Gasteiger partial charge in [-0.1, -0.05) is 52.2 Å². The molecule has 3 rings (SSSR count). The van der Waals surface area contributed by atoms with Gasteiger partial charge in [0.1, 0.15) is 17.3 Å². The molecule has 39 heavy (non-hydrogen) atoms. The summed E-state index contributed by atoms with van der Waals surface area (Å²) in [5, 5.41) is 5.33. The van der Waals surface area contributed by atoms with Crippen LogP contribution in [0, 0.1) is 0 Å². The van der Waals surface area contributed by atoms with E-state index in [9.17, 15) is 14.4 Å². The molecule has 210 valence electrons. The first-order chi connectivity index (χ1) is 18.8. The third-order valence-electron chi connectivity index (χ3n) is 6.33. The maximum atomic E-state index is 13.0. The van der Waals surface area contributed by atoms with Gasteiger partial charge in [0, 0.05) is 18.8 Å². The van der Waals surface area contributed by atoms with E-state index in [2.05, 4.69) is 41.4 Å². The van der Waals surface area contributed by atoms with Crippen molar-refractivity contribution in [3.63, 3.8) is 0 Å². The SMILES string of the molecule is CCCCc1ccc(NC(=O)Nc2nc(Cc3ccc(C(=O)N(CCCC)CCCC)o3)[nH]c2C(N)=O)cc1. The average Bonchev–Trinajstić information content (AvgIpc) is 3.55. The Balaban J connectivity index is 1.66. The lowest BCUT2D eigenvalue weighted by atomic mass is 10.1. The lowest BCUT2D eigenvalue weighted by Gasteiger charge is -2.21. The third kappa shape index (κ3) is 8.73. The van der Waals surface area contributed by atoms with Crippen molar-refractivity contribution < 1.29 is 18.8 Å². The number of carbonyl (C=O) groups excluding carboxylic acids is 3. The molecule has 0 radical (unpaired) electrons. The molecule has 2 heterocycles. The Labute approximate surface area is 229 Å². The first-order valence-electron chi connectivity index (χ1n) is 13.8. The molecule has 0 bridgehead atoms. The predicted molar refractivity (Wildman–Crippen MR) is 152 cm³/mol. The van der Waals surface area contributed by atoms with Crippen LogP contribution in [0.25, 0.3) is 0 Å². The molecule has 4 amide bonds. The fourth-order valence-corrected chi connectivity index (χ4v) is 4.10. The van der Waals surface area contributed by atoms with Crippen molar-refractivity contribution >= 4 is 29.4 Å². The second-order valence-electron chi connectivity index (χ2n) is 9.59. The number of primary amides is 1. The van der Waals surface area contributed by atoms with Crippen molar-refractivity contribution in [2.24, 2.45) is 5.73 Å². The number of aromatic amines is 1. The highest BCUT2D eigenvalue weighted by Gasteiger charge is 2.21. The quantitative estimate of drug-likeness (QED) is 0.196. The molecule has 0 fully saturated rings. The van der Waals surface area contributed by atoms with Gasteiger partial charge >= 0.3 is 6.03 Å². The summed E-state index contributed by atoms with van der Waals surface area (Å²) in [6.07, 6.45) is 7.25. The number of aromatic nitrogens is 2. The number of benzene rings is 1. The van der Waals surface area contributed by atoms with Crippen molar-refractivity contribution in [1.82, 2.24) is 14.9 Å². The Morgan fingerprint density at radius 1 is 0.923 bits per heavy atom. The van der Waals surface area contributed by atoms with Gasteiger partial charge in [0.25, 0.3) is 11.8 Å². The number of urea groups is 1. The van der Waals surface area contributed by atoms with Gasteiger partial charge in [-0.2, -0.15) is 0 Å². The number of aryl methyl sites for hydroxylation is 1. The summed E-state index contributed by atoms with van der Waals surface area (Å²) >= 11 is 0. The Morgan fingerprint density at radius 3 is 2.21 bits per heavy atom. The third-order valence-corrected chi connectivity index (χ3v) is 6.33. The Kier molecular flexibility index (Phi) is 11.1. The number of rotatable bonds is 15. The number of nitrogens with one attached hydrogen (secondary N) is 3. The van der Waals surface area contributed by atoms with Crippen LogP contribution in [0.5, 0.6) is 0 Å². The molecule has 0 atom stereocenters. The van der Waals surface area contributed by atoms with E-state index in [-0.39, 0.29) is 29.6 Å². The van der Waals surface area contributed by atoms with Gasteiger partial charge in [0.2, 0.25) is 0 Å². The van der Waals surface area contributed by atoms with E-state index >= 15 is 0 Å². The van der Waals surface area contributed by atoms with Gasteiger partial charge in [0.05, 0.1) is 6.42 Å². The van der Waals surface area contributed by atoms with Crippen LogP contribution in [0.3, 0.4) is 0 Å². The standard InChI is InChI=1S/C29H40N6O4/c1-4-7-10-20-11-13-21(14-12-20)31-29(38)34-27-25(26(30)36)32-24(33-27)19-22-15-16-23(39-22)28(37)35(17-8-5-2)18-9-6-3/h11-16H,4-10,17-19H2,1-3H3,(H2,30,36)(H,32,33)(H2,31,34,38). The Hall–Kier alpha value is -4.08. The molecule has 3 aromatic rings. The van der Waals surface area contributed by atoms with Crippen LogP contribution in [0.4, 0.5) is 16.3 Å². The fourth-order valence-electron chi connectivity index (χ4n) is 4.10. The van der Waals surface area contributed by atoms with E-state index in [1.54, 1.807) is 12.1 Å². The number of unbranched alkanes of at least 4 members (excludes halogenated alkanes) is 3. The maximum absolute atomic E-state index is 13.0. The van der Waals surface area contributed by atoms with Crippen LogP contribution in [0.2, 0.25) is 0 Å². The molecule has 0 aliphatic carbocycles. The van der Waals surface area contributed by atoms with Gasteiger partial charge in [-0.15, -0.1) is 0 Å². The van der Waals surface area contributed by atoms with Gasteiger partial charge < -0.3 is 25.4 Å². The van der Waals surface area contributed by atoms with Crippen molar-refractivity contribution in [3.05, 3.63) is 65.0 Å². The molecule has 0 aliphatic heterocycles. The normalized spacial score (nSPS) is 10.8. The fraction of sp³-hybridized carbons (Fsp3) is 0.448. The molecule has 0 aliphatic rings. The smallest absolute Gasteiger partial charge is 0.324 e. The number of hydrogen-bond donors (Lipinski definition) is 4. The summed E-state index contributed by atoms with van der Waals surface area (Å²) in [5.74, 6) is 0.231. The number of hydrogen-bond acceptors (Lipinski definition) is 5. The molecular formula is C29H40N6O4. The molecule has 0 saturated heterocycles. The largest absolute Gasteiger partial charge is 0.455 e. The summed E-state index contributed by atoms with van der Waals surface area (Å²) < 4.78 is 5.83. The van der Waals surface area contributed by atoms with Crippen molar-refractivity contribution in [3.8, 4) is 0 Å². The summed E-state index contributed by atoms with van der Waals surface area (Å²) in [4.78, 5) is 46.6. The van der Waals surface area contributed by atoms with Crippen LogP contribution >= 0.6 is 0 Å². The molecule has 10 heteroatoms. The van der Waals surface area contributed by atoms with Crippen LogP contribution in [-0.4, -0.2) is 45.8 Å². The zero-order chi connectivity index (χ0) is 28.2. The van der Waals surface area contributed by atoms with E-state index in [4.69, 9.17) is 10.2 Å². The molecule has 10 nitrogen and oxygen atoms in total. The van der Waals surface area contributed by atoms with Crippen LogP contribution in [-0.2, 0) is 12.8 Å². The topological polar surface area (TPSA) is 146 Å². The van der Waals surface area contributed by atoms with Crippen LogP contribution in [0.1, 0.15) is 97.5 Å². The minimum atomic E-state index is -0.762. The number of anilines is 2. The summed E-state index contributed by atoms with van der Waals surface area (Å²) in [7, 11) is 0. The number of nitrogens with zero attached hydrogens (tertiary/aromatic N) is 2. The van der Waals surface area contributed by atoms with Crippen molar-refractivity contribution in [2.75, 3.05) is 23.7 Å². The second kappa shape index (κ2) is 14.8. The number of carbonyl (C=O) groups is 3. The monoisotopic (exact) mass is 536 g/mol. The van der Waals surface area contributed by atoms with Gasteiger partial charge in [-0.25, -0.2) is 9.78 Å². The highest BCUT2D eigenvalue weighted by atomic mass is 16.4. The number of amides is 4. The van der Waals surface area contributed by atoms with Gasteiger partial charge in [-0.05, 0) is 55.5 Å². The van der Waals surface area contributed by atoms with Crippen LogP contribution in [0.15, 0.2) is 40.8 Å². The Morgan fingerprint density at radius 2 is 1.59 bits per heavy atom. The highest BCUT2D eigenvalue weighted by Crippen LogP contribution is 2.19. The van der Waals surface area contributed by atoms with Gasteiger partial charge in [-0.3, -0.25) is 14.9 Å². The minimum absolute atomic E-state index is 0.0164. The first-order valence-corrected chi connectivity index (χ1v) is 13.8.